The monoisotopic (exact) mass is 371 g/mol. The summed E-state index contributed by atoms with van der Waals surface area (Å²) in [6, 6.07) is 6.57. The molecular weight excluding hydrogens is 342 g/mol. The first-order valence-corrected chi connectivity index (χ1v) is 9.45. The predicted octanol–water partition coefficient (Wildman–Crippen LogP) is 2.37. The number of nitrogens with zero attached hydrogens (tertiary/aromatic N) is 1. The minimum Gasteiger partial charge on any atom is -0.350 e. The number of nitrogens with one attached hydrogen (secondary N) is 2. The summed E-state index contributed by atoms with van der Waals surface area (Å²) < 4.78 is 0. The Bertz CT molecular complexity index is 694. The lowest BCUT2D eigenvalue weighted by Gasteiger charge is -2.31. The number of hydrogen-bond acceptors (Lipinski definition) is 3. The van der Waals surface area contributed by atoms with Crippen molar-refractivity contribution in [3.8, 4) is 0 Å². The van der Waals surface area contributed by atoms with Gasteiger partial charge in [0.2, 0.25) is 5.91 Å². The number of amides is 3. The summed E-state index contributed by atoms with van der Waals surface area (Å²) >= 11 is 0. The van der Waals surface area contributed by atoms with Crippen molar-refractivity contribution in [1.29, 1.82) is 0 Å². The van der Waals surface area contributed by atoms with Gasteiger partial charge in [-0.15, -0.1) is 0 Å². The lowest BCUT2D eigenvalue weighted by Crippen LogP contribution is -2.48. The number of carbonyl (C=O) groups excluding carboxylic acids is 3. The Kier molecular flexibility index (Phi) is 7.58. The Morgan fingerprint density at radius 1 is 1.19 bits per heavy atom. The maximum Gasteiger partial charge on any atom is 0.253 e. The molecule has 1 aromatic carbocycles. The molecule has 3 amide bonds. The molecule has 0 aromatic heterocycles. The van der Waals surface area contributed by atoms with Crippen LogP contribution in [0.3, 0.4) is 0 Å². The fourth-order valence-corrected chi connectivity index (χ4v) is 3.46. The highest BCUT2D eigenvalue weighted by Crippen LogP contribution is 2.26. The Balaban J connectivity index is 2.11. The molecule has 1 fully saturated rings. The Morgan fingerprint density at radius 3 is 2.48 bits per heavy atom. The maximum atomic E-state index is 12.8. The lowest BCUT2D eigenvalue weighted by atomic mass is 9.83. The van der Waals surface area contributed by atoms with Crippen LogP contribution in [0.25, 0.3) is 0 Å². The molecule has 6 heteroatoms. The highest BCUT2D eigenvalue weighted by Gasteiger charge is 2.26. The Morgan fingerprint density at radius 2 is 1.85 bits per heavy atom. The van der Waals surface area contributed by atoms with Gasteiger partial charge < -0.3 is 15.5 Å². The van der Waals surface area contributed by atoms with Crippen LogP contribution in [0.2, 0.25) is 0 Å². The molecule has 2 rings (SSSR count). The van der Waals surface area contributed by atoms with Crippen molar-refractivity contribution < 1.29 is 14.4 Å². The largest absolute Gasteiger partial charge is 0.350 e. The van der Waals surface area contributed by atoms with Crippen molar-refractivity contribution in [2.24, 2.45) is 5.92 Å². The van der Waals surface area contributed by atoms with Gasteiger partial charge in [-0.25, -0.2) is 0 Å². The van der Waals surface area contributed by atoms with Gasteiger partial charge >= 0.3 is 0 Å². The molecule has 0 aliphatic heterocycles. The van der Waals surface area contributed by atoms with Gasteiger partial charge in [-0.3, -0.25) is 14.4 Å². The SMILES string of the molecule is C=CC(=O)NCC(NC(=O)c1cccc(C(=O)N(C)C)c1)C1CCCCC1. The molecule has 27 heavy (non-hydrogen) atoms. The minimum atomic E-state index is -0.247. The van der Waals surface area contributed by atoms with Crippen LogP contribution >= 0.6 is 0 Å². The van der Waals surface area contributed by atoms with E-state index in [-0.39, 0.29) is 23.8 Å². The lowest BCUT2D eigenvalue weighted by molar-refractivity contribution is -0.116. The number of hydrogen-bond donors (Lipinski definition) is 2. The first kappa shape index (κ1) is 20.7. The van der Waals surface area contributed by atoms with E-state index in [1.54, 1.807) is 38.4 Å². The molecule has 1 aliphatic rings. The van der Waals surface area contributed by atoms with Crippen molar-refractivity contribution in [2.75, 3.05) is 20.6 Å². The van der Waals surface area contributed by atoms with Gasteiger partial charge in [0.05, 0.1) is 0 Å². The molecule has 0 bridgehead atoms. The molecule has 2 N–H and O–H groups in total. The van der Waals surface area contributed by atoms with Crippen molar-refractivity contribution in [3.63, 3.8) is 0 Å². The zero-order valence-corrected chi connectivity index (χ0v) is 16.2. The van der Waals surface area contributed by atoms with Crippen LogP contribution in [0.15, 0.2) is 36.9 Å². The second-order valence-corrected chi connectivity index (χ2v) is 7.21. The first-order chi connectivity index (χ1) is 12.9. The molecular formula is C21H29N3O3. The second-order valence-electron chi connectivity index (χ2n) is 7.21. The predicted molar refractivity (Wildman–Crippen MR) is 105 cm³/mol. The summed E-state index contributed by atoms with van der Waals surface area (Å²) in [5.74, 6) is -0.290. The van der Waals surface area contributed by atoms with Gasteiger partial charge in [0.1, 0.15) is 0 Å². The van der Waals surface area contributed by atoms with Crippen LogP contribution < -0.4 is 10.6 Å². The van der Waals surface area contributed by atoms with Gasteiger partial charge in [0, 0.05) is 37.8 Å². The maximum absolute atomic E-state index is 12.8. The summed E-state index contributed by atoms with van der Waals surface area (Å²) in [4.78, 5) is 38.0. The van der Waals surface area contributed by atoms with E-state index in [1.165, 1.54) is 17.4 Å². The third-order valence-electron chi connectivity index (χ3n) is 4.99. The third-order valence-corrected chi connectivity index (χ3v) is 4.99. The van der Waals surface area contributed by atoms with Crippen molar-refractivity contribution in [3.05, 3.63) is 48.0 Å². The molecule has 6 nitrogen and oxygen atoms in total. The summed E-state index contributed by atoms with van der Waals surface area (Å²) in [5, 5.41) is 5.86. The summed E-state index contributed by atoms with van der Waals surface area (Å²) in [7, 11) is 3.35. The van der Waals surface area contributed by atoms with E-state index in [0.717, 1.165) is 25.7 Å². The molecule has 146 valence electrons. The average molecular weight is 371 g/mol. The van der Waals surface area contributed by atoms with Gasteiger partial charge in [0.25, 0.3) is 11.8 Å². The number of benzene rings is 1. The van der Waals surface area contributed by atoms with Crippen LogP contribution in [0.1, 0.15) is 52.8 Å². The summed E-state index contributed by atoms with van der Waals surface area (Å²) in [6.07, 6.45) is 6.79. The van der Waals surface area contributed by atoms with E-state index < -0.39 is 0 Å². The van der Waals surface area contributed by atoms with Crippen molar-refractivity contribution in [1.82, 2.24) is 15.5 Å². The molecule has 1 unspecified atom stereocenters. The zero-order valence-electron chi connectivity index (χ0n) is 16.2. The van der Waals surface area contributed by atoms with Crippen LogP contribution in [0.5, 0.6) is 0 Å². The zero-order chi connectivity index (χ0) is 19.8. The van der Waals surface area contributed by atoms with Gasteiger partial charge in [-0.1, -0.05) is 31.9 Å². The van der Waals surface area contributed by atoms with E-state index in [9.17, 15) is 14.4 Å². The van der Waals surface area contributed by atoms with Crippen LogP contribution in [-0.4, -0.2) is 49.3 Å². The normalized spacial score (nSPS) is 15.5. The first-order valence-electron chi connectivity index (χ1n) is 9.45. The molecule has 1 aliphatic carbocycles. The number of carbonyl (C=O) groups is 3. The van der Waals surface area contributed by atoms with Crippen LogP contribution in [0, 0.1) is 5.92 Å². The minimum absolute atomic E-state index is 0.144. The fourth-order valence-electron chi connectivity index (χ4n) is 3.46. The van der Waals surface area contributed by atoms with E-state index in [1.807, 2.05) is 0 Å². The Hall–Kier alpha value is -2.63. The van der Waals surface area contributed by atoms with Crippen LogP contribution in [0.4, 0.5) is 0 Å². The quantitative estimate of drug-likeness (QED) is 0.722. The van der Waals surface area contributed by atoms with E-state index >= 15 is 0 Å². The van der Waals surface area contributed by atoms with Gasteiger partial charge in [0.15, 0.2) is 0 Å². The van der Waals surface area contributed by atoms with Crippen molar-refractivity contribution in [2.45, 2.75) is 38.1 Å². The highest BCUT2D eigenvalue weighted by molar-refractivity contribution is 5.99. The van der Waals surface area contributed by atoms with E-state index in [0.29, 0.717) is 23.6 Å². The Labute approximate surface area is 161 Å². The topological polar surface area (TPSA) is 78.5 Å². The van der Waals surface area contributed by atoms with Crippen molar-refractivity contribution >= 4 is 17.7 Å². The summed E-state index contributed by atoms with van der Waals surface area (Å²) in [5.41, 5.74) is 0.917. The molecule has 0 spiro atoms. The number of rotatable bonds is 7. The molecule has 1 aromatic rings. The average Bonchev–Trinajstić information content (AvgIpc) is 2.70. The van der Waals surface area contributed by atoms with Gasteiger partial charge in [-0.2, -0.15) is 0 Å². The molecule has 0 saturated heterocycles. The molecule has 0 radical (unpaired) electrons. The van der Waals surface area contributed by atoms with E-state index in [4.69, 9.17) is 0 Å². The second kappa shape index (κ2) is 9.90. The van der Waals surface area contributed by atoms with E-state index in [2.05, 4.69) is 17.2 Å². The van der Waals surface area contributed by atoms with Crippen LogP contribution in [-0.2, 0) is 4.79 Å². The third kappa shape index (κ3) is 5.94. The summed E-state index contributed by atoms with van der Waals surface area (Å²) in [6.45, 7) is 3.84. The molecule has 1 saturated carbocycles. The highest BCUT2D eigenvalue weighted by atomic mass is 16.2. The fraction of sp³-hybridized carbons (Fsp3) is 0.476. The molecule has 0 heterocycles. The van der Waals surface area contributed by atoms with Gasteiger partial charge in [-0.05, 0) is 43.0 Å². The molecule has 1 atom stereocenters. The standard InChI is InChI=1S/C21H29N3O3/c1-4-19(25)22-14-18(15-9-6-5-7-10-15)23-20(26)16-11-8-12-17(13-16)21(27)24(2)3/h4,8,11-13,15,18H,1,5-7,9-10,14H2,2-3H3,(H,22,25)(H,23,26). The smallest absolute Gasteiger partial charge is 0.253 e.